The molecule has 0 aromatic heterocycles. The Morgan fingerprint density at radius 1 is 1.12 bits per heavy atom. The third-order valence-electron chi connectivity index (χ3n) is 6.25. The van der Waals surface area contributed by atoms with Crippen molar-refractivity contribution in [2.75, 3.05) is 6.54 Å². The first kappa shape index (κ1) is 16.2. The quantitative estimate of drug-likeness (QED) is 0.801. The number of ether oxygens (including phenoxy) is 1. The molecule has 3 aliphatic carbocycles. The number of aliphatic hydroxyl groups excluding tert-OH is 1. The minimum atomic E-state index is -0.664. The van der Waals surface area contributed by atoms with Gasteiger partial charge in [-0.2, -0.15) is 0 Å². The highest BCUT2D eigenvalue weighted by Gasteiger charge is 2.65. The van der Waals surface area contributed by atoms with Gasteiger partial charge in [0.2, 0.25) is 5.91 Å². The van der Waals surface area contributed by atoms with Gasteiger partial charge in [-0.3, -0.25) is 9.69 Å². The molecule has 1 saturated heterocycles. The molecule has 0 radical (unpaired) electrons. The number of aliphatic hydroxyl groups is 1. The normalized spacial score (nSPS) is 42.8. The van der Waals surface area contributed by atoms with Gasteiger partial charge < -0.3 is 15.2 Å². The Labute approximate surface area is 142 Å². The Hall–Kier alpha value is -1.30. The minimum absolute atomic E-state index is 0.129. The van der Waals surface area contributed by atoms with E-state index < -0.39 is 23.8 Å². The zero-order valence-electron chi connectivity index (χ0n) is 14.7. The van der Waals surface area contributed by atoms with Crippen molar-refractivity contribution in [1.29, 1.82) is 0 Å². The summed E-state index contributed by atoms with van der Waals surface area (Å²) in [5.74, 6) is 2.78. The van der Waals surface area contributed by atoms with Gasteiger partial charge in [0.15, 0.2) is 0 Å². The SMILES string of the molecule is CC(C)(C)OC(=O)N1C[C@H](O)C[C@@H]1C(=O)NC1[C@@H]2[C@H]3CC[C@@H](C3)[C@H]12. The van der Waals surface area contributed by atoms with Crippen LogP contribution in [0.2, 0.25) is 0 Å². The van der Waals surface area contributed by atoms with Crippen LogP contribution in [0.15, 0.2) is 0 Å². The van der Waals surface area contributed by atoms with Crippen molar-refractivity contribution in [1.82, 2.24) is 10.2 Å². The third-order valence-corrected chi connectivity index (χ3v) is 6.25. The summed E-state index contributed by atoms with van der Waals surface area (Å²) in [5.41, 5.74) is -0.613. The van der Waals surface area contributed by atoms with Crippen molar-refractivity contribution in [3.05, 3.63) is 0 Å². The maximum absolute atomic E-state index is 12.7. The number of fused-ring (bicyclic) bond motifs is 5. The van der Waals surface area contributed by atoms with E-state index in [0.29, 0.717) is 24.3 Å². The summed E-state index contributed by atoms with van der Waals surface area (Å²) in [6.45, 7) is 5.56. The van der Waals surface area contributed by atoms with Crippen LogP contribution in [0.5, 0.6) is 0 Å². The maximum Gasteiger partial charge on any atom is 0.411 e. The van der Waals surface area contributed by atoms with Gasteiger partial charge in [0.25, 0.3) is 0 Å². The van der Waals surface area contributed by atoms with Crippen LogP contribution in [-0.4, -0.2) is 52.3 Å². The zero-order chi connectivity index (χ0) is 17.2. The van der Waals surface area contributed by atoms with Gasteiger partial charge in [0, 0.05) is 12.5 Å². The third kappa shape index (κ3) is 2.68. The molecule has 6 heteroatoms. The first-order valence-electron chi connectivity index (χ1n) is 9.22. The maximum atomic E-state index is 12.7. The van der Waals surface area contributed by atoms with Crippen LogP contribution < -0.4 is 5.32 Å². The lowest BCUT2D eigenvalue weighted by Crippen LogP contribution is -2.48. The van der Waals surface area contributed by atoms with Gasteiger partial charge >= 0.3 is 6.09 Å². The van der Waals surface area contributed by atoms with Crippen molar-refractivity contribution in [3.8, 4) is 0 Å². The molecule has 4 fully saturated rings. The van der Waals surface area contributed by atoms with Crippen LogP contribution in [0, 0.1) is 23.7 Å². The fourth-order valence-electron chi connectivity index (χ4n) is 5.36. The molecule has 0 aromatic carbocycles. The summed E-state index contributed by atoms with van der Waals surface area (Å²) in [5, 5.41) is 13.1. The summed E-state index contributed by atoms with van der Waals surface area (Å²) in [7, 11) is 0. The molecule has 1 aliphatic heterocycles. The number of nitrogens with one attached hydrogen (secondary N) is 1. The average molecular weight is 336 g/mol. The first-order valence-corrected chi connectivity index (χ1v) is 9.22. The molecule has 0 spiro atoms. The summed E-state index contributed by atoms with van der Waals surface area (Å²) in [4.78, 5) is 26.4. The number of amides is 2. The lowest BCUT2D eigenvalue weighted by Gasteiger charge is -2.28. The zero-order valence-corrected chi connectivity index (χ0v) is 14.7. The number of carbonyl (C=O) groups is 2. The second-order valence-electron chi connectivity index (χ2n) is 9.06. The standard InChI is InChI=1S/C18H28N2O4/c1-18(2,3)24-17(23)20-8-11(21)7-12(20)16(22)19-15-13-9-4-5-10(6-9)14(13)15/h9-15,21H,4-8H2,1-3H3,(H,19,22)/t9-,10-,11+,12+,13-,14+,15?/m0/s1. The van der Waals surface area contributed by atoms with Gasteiger partial charge in [0.05, 0.1) is 12.6 Å². The molecule has 134 valence electrons. The molecule has 7 atom stereocenters. The summed E-state index contributed by atoms with van der Waals surface area (Å²) >= 11 is 0. The predicted molar refractivity (Wildman–Crippen MR) is 87.1 cm³/mol. The predicted octanol–water partition coefficient (Wildman–Crippen LogP) is 1.52. The molecule has 24 heavy (non-hydrogen) atoms. The molecule has 2 bridgehead atoms. The fraction of sp³-hybridized carbons (Fsp3) is 0.889. The molecular formula is C18H28N2O4. The number of likely N-dealkylation sites (tertiary alicyclic amines) is 1. The number of carbonyl (C=O) groups excluding carboxylic acids is 2. The molecule has 0 aromatic rings. The highest BCUT2D eigenvalue weighted by molar-refractivity contribution is 5.87. The molecule has 2 amide bonds. The van der Waals surface area contributed by atoms with Crippen molar-refractivity contribution < 1.29 is 19.4 Å². The molecule has 6 nitrogen and oxygen atoms in total. The van der Waals surface area contributed by atoms with Crippen molar-refractivity contribution >= 4 is 12.0 Å². The highest BCUT2D eigenvalue weighted by Crippen LogP contribution is 2.65. The Morgan fingerprint density at radius 3 is 2.33 bits per heavy atom. The topological polar surface area (TPSA) is 78.9 Å². The van der Waals surface area contributed by atoms with E-state index in [9.17, 15) is 14.7 Å². The summed E-state index contributed by atoms with van der Waals surface area (Å²) in [6.07, 6.45) is 3.07. The van der Waals surface area contributed by atoms with E-state index >= 15 is 0 Å². The minimum Gasteiger partial charge on any atom is -0.444 e. The first-order chi connectivity index (χ1) is 11.2. The lowest BCUT2D eigenvalue weighted by atomic mass is 10.0. The van der Waals surface area contributed by atoms with E-state index in [1.54, 1.807) is 20.8 Å². The number of β-amino-alcohol motifs (C(OH)–C–C–N with tert-alkyl or cyclic N) is 1. The van der Waals surface area contributed by atoms with E-state index in [4.69, 9.17) is 4.74 Å². The van der Waals surface area contributed by atoms with Crippen LogP contribution in [0.25, 0.3) is 0 Å². The van der Waals surface area contributed by atoms with Gasteiger partial charge in [-0.05, 0) is 63.7 Å². The molecule has 2 N–H and O–H groups in total. The molecule has 4 aliphatic rings. The Balaban J connectivity index is 1.39. The van der Waals surface area contributed by atoms with Crippen LogP contribution >= 0.6 is 0 Å². The Morgan fingerprint density at radius 2 is 1.75 bits per heavy atom. The molecule has 4 rings (SSSR count). The largest absolute Gasteiger partial charge is 0.444 e. The fourth-order valence-corrected chi connectivity index (χ4v) is 5.36. The van der Waals surface area contributed by atoms with Gasteiger partial charge in [-0.25, -0.2) is 4.79 Å². The van der Waals surface area contributed by atoms with Crippen LogP contribution in [0.4, 0.5) is 4.79 Å². The number of nitrogens with zero attached hydrogens (tertiary/aromatic N) is 1. The lowest BCUT2D eigenvalue weighted by molar-refractivity contribution is -0.125. The number of hydrogen-bond acceptors (Lipinski definition) is 4. The van der Waals surface area contributed by atoms with E-state index in [1.807, 2.05) is 0 Å². The van der Waals surface area contributed by atoms with Gasteiger partial charge in [-0.15, -0.1) is 0 Å². The second kappa shape index (κ2) is 5.35. The van der Waals surface area contributed by atoms with E-state index in [1.165, 1.54) is 24.2 Å². The second-order valence-corrected chi connectivity index (χ2v) is 9.06. The van der Waals surface area contributed by atoms with Crippen molar-refractivity contribution in [2.45, 2.75) is 70.2 Å². The molecule has 1 heterocycles. The van der Waals surface area contributed by atoms with E-state index in [2.05, 4.69) is 5.32 Å². The Kier molecular flexibility index (Phi) is 3.61. The van der Waals surface area contributed by atoms with Crippen LogP contribution in [0.1, 0.15) is 46.5 Å². The van der Waals surface area contributed by atoms with Gasteiger partial charge in [0.1, 0.15) is 11.6 Å². The number of hydrogen-bond donors (Lipinski definition) is 2. The monoisotopic (exact) mass is 336 g/mol. The Bertz CT molecular complexity index is 542. The van der Waals surface area contributed by atoms with Crippen molar-refractivity contribution in [3.63, 3.8) is 0 Å². The smallest absolute Gasteiger partial charge is 0.411 e. The van der Waals surface area contributed by atoms with Crippen LogP contribution in [0.3, 0.4) is 0 Å². The van der Waals surface area contributed by atoms with Gasteiger partial charge in [-0.1, -0.05) is 0 Å². The number of rotatable bonds is 2. The molecule has 1 unspecified atom stereocenters. The van der Waals surface area contributed by atoms with E-state index in [-0.39, 0.29) is 12.5 Å². The average Bonchev–Trinajstić information content (AvgIpc) is 2.84. The summed E-state index contributed by atoms with van der Waals surface area (Å²) < 4.78 is 5.39. The summed E-state index contributed by atoms with van der Waals surface area (Å²) in [6, 6.07) is -0.323. The van der Waals surface area contributed by atoms with E-state index in [0.717, 1.165) is 11.8 Å². The van der Waals surface area contributed by atoms with Crippen molar-refractivity contribution in [2.24, 2.45) is 23.7 Å². The molecular weight excluding hydrogens is 308 g/mol. The molecule has 3 saturated carbocycles. The highest BCUT2D eigenvalue weighted by atomic mass is 16.6. The van der Waals surface area contributed by atoms with Crippen LogP contribution in [-0.2, 0) is 9.53 Å².